The fourth-order valence-corrected chi connectivity index (χ4v) is 6.62. The van der Waals surface area contributed by atoms with Gasteiger partial charge in [-0.2, -0.15) is 0 Å². The average Bonchev–Trinajstić information content (AvgIpc) is 3.17. The summed E-state index contributed by atoms with van der Waals surface area (Å²) in [5.74, 6) is 0.0889. The van der Waals surface area contributed by atoms with Gasteiger partial charge in [-0.1, -0.05) is 24.3 Å². The molecule has 0 fully saturated rings. The zero-order chi connectivity index (χ0) is 30.2. The van der Waals surface area contributed by atoms with Crippen molar-refractivity contribution in [3.63, 3.8) is 0 Å². The summed E-state index contributed by atoms with van der Waals surface area (Å²) in [6, 6.07) is 16.2. The number of alkyl halides is 3. The van der Waals surface area contributed by atoms with Crippen LogP contribution in [0, 0.1) is 0 Å². The molecule has 1 aliphatic rings. The second kappa shape index (κ2) is 11.5. The summed E-state index contributed by atoms with van der Waals surface area (Å²) < 4.78 is 74.2. The van der Waals surface area contributed by atoms with Crippen LogP contribution in [0.25, 0.3) is 16.7 Å². The Labute approximate surface area is 236 Å². The highest BCUT2D eigenvalue weighted by atomic mass is 31.2. The standard InChI is InChI=1S/C30H33F3NO6P/c1-7-37-41(35,36)29(23-10-12-24(13-11-23)38-18(2)3)20(6)25-16-21(8-14-26(25)34-29)22-9-15-27(39-19(4)5)28(17-22)40-30(31,32)33/h8-19H,7H2,1-6H3,(H,35,36). The van der Waals surface area contributed by atoms with Crippen molar-refractivity contribution in [3.8, 4) is 28.4 Å². The molecule has 3 aromatic rings. The van der Waals surface area contributed by atoms with E-state index in [4.69, 9.17) is 19.0 Å². The van der Waals surface area contributed by atoms with Crippen LogP contribution in [0.5, 0.6) is 17.2 Å². The van der Waals surface area contributed by atoms with Gasteiger partial charge in [-0.15, -0.1) is 13.2 Å². The summed E-state index contributed by atoms with van der Waals surface area (Å²) in [4.78, 5) is 16.0. The normalized spacial score (nSPS) is 18.2. The van der Waals surface area contributed by atoms with E-state index in [2.05, 4.69) is 4.74 Å². The number of fused-ring (bicyclic) bond motifs is 1. The highest BCUT2D eigenvalue weighted by Crippen LogP contribution is 2.66. The molecule has 1 heterocycles. The summed E-state index contributed by atoms with van der Waals surface area (Å²) in [6.07, 6.45) is -5.33. The largest absolute Gasteiger partial charge is 0.573 e. The molecule has 1 N–H and O–H groups in total. The van der Waals surface area contributed by atoms with Crippen molar-refractivity contribution in [3.05, 3.63) is 76.8 Å². The first kappa shape index (κ1) is 30.6. The third kappa shape index (κ3) is 6.30. The molecule has 0 saturated heterocycles. The molecule has 0 amide bonds. The van der Waals surface area contributed by atoms with Gasteiger partial charge in [0.25, 0.3) is 0 Å². The molecule has 0 bridgehead atoms. The number of rotatable bonds is 10. The van der Waals surface area contributed by atoms with Crippen molar-refractivity contribution in [2.45, 2.75) is 65.4 Å². The average molecular weight is 592 g/mol. The molecule has 1 aliphatic heterocycles. The first-order valence-corrected chi connectivity index (χ1v) is 14.8. The zero-order valence-corrected chi connectivity index (χ0v) is 24.5. The Hall–Kier alpha value is -3.33. The Morgan fingerprint density at radius 2 is 1.51 bits per heavy atom. The topological polar surface area (TPSA) is 86.6 Å². The molecule has 7 nitrogen and oxygen atoms in total. The van der Waals surface area contributed by atoms with Crippen molar-refractivity contribution in [2.24, 2.45) is 4.99 Å². The molecular formula is C30H33F3NO6P. The predicted molar refractivity (Wildman–Crippen MR) is 150 cm³/mol. The van der Waals surface area contributed by atoms with Crippen LogP contribution < -0.4 is 24.8 Å². The van der Waals surface area contributed by atoms with Crippen LogP contribution in [0.3, 0.4) is 0 Å². The second-order valence-corrected chi connectivity index (χ2v) is 12.1. The summed E-state index contributed by atoms with van der Waals surface area (Å²) in [5, 5.41) is -0.700. The van der Waals surface area contributed by atoms with E-state index in [9.17, 15) is 22.6 Å². The molecule has 0 aromatic heterocycles. The van der Waals surface area contributed by atoms with Crippen molar-refractivity contribution in [2.75, 3.05) is 6.61 Å². The maximum absolute atomic E-state index is 13.8. The Morgan fingerprint density at radius 3 is 2.10 bits per heavy atom. The van der Waals surface area contributed by atoms with Crippen molar-refractivity contribution in [1.29, 1.82) is 0 Å². The Bertz CT molecular complexity index is 1590. The van der Waals surface area contributed by atoms with Crippen LogP contribution in [0.4, 0.5) is 13.2 Å². The third-order valence-electron chi connectivity index (χ3n) is 6.41. The SMILES string of the molecule is CCOP(=O)(O)C1(c2ccc(OC(C)C)cc2)N=c2ccc(-c3ccc(OC(C)C)c(OC(F)(F)F)c3)cc2=C1C. The van der Waals surface area contributed by atoms with Crippen LogP contribution in [-0.2, 0) is 14.4 Å². The van der Waals surface area contributed by atoms with E-state index in [0.29, 0.717) is 38.6 Å². The molecular weight excluding hydrogens is 558 g/mol. The fourth-order valence-electron chi connectivity index (χ4n) is 4.83. The zero-order valence-electron chi connectivity index (χ0n) is 23.7. The number of hydrogen-bond donors (Lipinski definition) is 1. The molecule has 2 atom stereocenters. The van der Waals surface area contributed by atoms with Crippen LogP contribution in [0.1, 0.15) is 47.1 Å². The van der Waals surface area contributed by atoms with E-state index in [0.717, 1.165) is 0 Å². The monoisotopic (exact) mass is 591 g/mol. The van der Waals surface area contributed by atoms with Gasteiger partial charge in [0.2, 0.25) is 5.28 Å². The van der Waals surface area contributed by atoms with Crippen molar-refractivity contribution >= 4 is 13.2 Å². The molecule has 11 heteroatoms. The minimum absolute atomic E-state index is 0.0127. The summed E-state index contributed by atoms with van der Waals surface area (Å²) in [6.45, 7) is 10.5. The lowest BCUT2D eigenvalue weighted by atomic mass is 9.97. The van der Waals surface area contributed by atoms with Crippen LogP contribution in [0.15, 0.2) is 65.7 Å². The summed E-state index contributed by atoms with van der Waals surface area (Å²) >= 11 is 0. The first-order chi connectivity index (χ1) is 19.2. The maximum Gasteiger partial charge on any atom is 0.573 e. The number of hydrogen-bond acceptors (Lipinski definition) is 6. The summed E-state index contributed by atoms with van der Waals surface area (Å²) in [5.41, 5.74) is 1.90. The van der Waals surface area contributed by atoms with Crippen molar-refractivity contribution in [1.82, 2.24) is 0 Å². The van der Waals surface area contributed by atoms with Gasteiger partial charge in [-0.25, -0.2) is 0 Å². The van der Waals surface area contributed by atoms with Crippen LogP contribution >= 0.6 is 7.60 Å². The Kier molecular flexibility index (Phi) is 8.60. The molecule has 220 valence electrons. The number of benzene rings is 3. The Balaban J connectivity index is 1.87. The van der Waals surface area contributed by atoms with E-state index >= 15 is 0 Å². The fraction of sp³-hybridized carbons (Fsp3) is 0.367. The van der Waals surface area contributed by atoms with Gasteiger partial charge in [0.05, 0.1) is 24.2 Å². The van der Waals surface area contributed by atoms with E-state index in [-0.39, 0.29) is 24.6 Å². The van der Waals surface area contributed by atoms with Gasteiger partial charge in [-0.05, 0) is 100 Å². The van der Waals surface area contributed by atoms with Gasteiger partial charge >= 0.3 is 14.0 Å². The molecule has 0 aliphatic carbocycles. The smallest absolute Gasteiger partial charge is 0.491 e. The number of nitrogens with zero attached hydrogens (tertiary/aromatic N) is 1. The maximum atomic E-state index is 13.8. The molecule has 0 spiro atoms. The summed E-state index contributed by atoms with van der Waals surface area (Å²) in [7, 11) is -4.42. The van der Waals surface area contributed by atoms with E-state index < -0.39 is 25.0 Å². The second-order valence-electron chi connectivity index (χ2n) is 10.1. The lowest BCUT2D eigenvalue weighted by Crippen LogP contribution is -2.26. The first-order valence-electron chi connectivity index (χ1n) is 13.2. The van der Waals surface area contributed by atoms with Gasteiger partial charge < -0.3 is 23.6 Å². The predicted octanol–water partition coefficient (Wildman–Crippen LogP) is 6.71. The minimum Gasteiger partial charge on any atom is -0.491 e. The molecule has 3 aromatic carbocycles. The highest BCUT2D eigenvalue weighted by molar-refractivity contribution is 7.54. The Morgan fingerprint density at radius 1 is 0.902 bits per heavy atom. The molecule has 0 saturated carbocycles. The van der Waals surface area contributed by atoms with Crippen LogP contribution in [-0.4, -0.2) is 30.1 Å². The quantitative estimate of drug-likeness (QED) is 0.264. The number of ether oxygens (including phenoxy) is 3. The molecule has 4 rings (SSSR count). The van der Waals surface area contributed by atoms with Gasteiger partial charge in [0.1, 0.15) is 5.75 Å². The highest BCUT2D eigenvalue weighted by Gasteiger charge is 2.54. The molecule has 0 radical (unpaired) electrons. The van der Waals surface area contributed by atoms with E-state index in [1.54, 1.807) is 76.2 Å². The van der Waals surface area contributed by atoms with E-state index in [1.165, 1.54) is 12.1 Å². The molecule has 41 heavy (non-hydrogen) atoms. The van der Waals surface area contributed by atoms with Gasteiger partial charge in [-0.3, -0.25) is 9.56 Å². The lowest BCUT2D eigenvalue weighted by molar-refractivity contribution is -0.275. The molecule has 2 unspecified atom stereocenters. The minimum atomic E-state index is -4.91. The lowest BCUT2D eigenvalue weighted by Gasteiger charge is -2.32. The van der Waals surface area contributed by atoms with Crippen molar-refractivity contribution < 1.29 is 41.4 Å². The van der Waals surface area contributed by atoms with Gasteiger partial charge in [0.15, 0.2) is 11.5 Å². The third-order valence-corrected chi connectivity index (χ3v) is 8.53. The van der Waals surface area contributed by atoms with Gasteiger partial charge in [0, 0.05) is 5.22 Å². The van der Waals surface area contributed by atoms with Crippen LogP contribution in [0.2, 0.25) is 0 Å². The number of halogens is 3. The van der Waals surface area contributed by atoms with E-state index in [1.807, 2.05) is 13.8 Å².